The molecular weight excluding hydrogens is 307 g/mol. The van der Waals surface area contributed by atoms with Crippen LogP contribution >= 0.6 is 15.9 Å². The molecule has 0 aliphatic rings. The molecule has 1 unspecified atom stereocenters. The van der Waals surface area contributed by atoms with E-state index in [1.807, 2.05) is 0 Å². The van der Waals surface area contributed by atoms with Crippen LogP contribution in [0.25, 0.3) is 0 Å². The highest BCUT2D eigenvalue weighted by molar-refractivity contribution is 9.10. The number of aliphatic carboxylic acids is 1. The Kier molecular flexibility index (Phi) is 4.95. The van der Waals surface area contributed by atoms with Crippen LogP contribution in [0.15, 0.2) is 10.5 Å². The maximum absolute atomic E-state index is 13.6. The molecule has 1 N–H and O–H groups in total. The Morgan fingerprint density at radius 1 is 1.44 bits per heavy atom. The number of benzene rings is 1. The monoisotopic (exact) mass is 320 g/mol. The highest BCUT2D eigenvalue weighted by Crippen LogP contribution is 2.39. The van der Waals surface area contributed by atoms with Gasteiger partial charge in [-0.05, 0) is 12.5 Å². The van der Waals surface area contributed by atoms with E-state index in [1.165, 1.54) is 20.3 Å². The summed E-state index contributed by atoms with van der Waals surface area (Å²) in [6, 6.07) is 1.24. The fraction of sp³-hybridized carbons (Fsp3) is 0.417. The molecule has 0 bridgehead atoms. The van der Waals surface area contributed by atoms with Crippen molar-refractivity contribution in [1.29, 1.82) is 0 Å². The molecule has 0 aliphatic carbocycles. The summed E-state index contributed by atoms with van der Waals surface area (Å²) in [5, 5.41) is 8.92. The molecule has 0 aromatic heterocycles. The fourth-order valence-corrected chi connectivity index (χ4v) is 2.15. The maximum Gasteiger partial charge on any atom is 0.306 e. The summed E-state index contributed by atoms with van der Waals surface area (Å²) < 4.78 is 24.1. The van der Waals surface area contributed by atoms with Gasteiger partial charge in [0.2, 0.25) is 0 Å². The van der Waals surface area contributed by atoms with Crippen molar-refractivity contribution in [2.24, 2.45) is 5.92 Å². The van der Waals surface area contributed by atoms with Gasteiger partial charge in [0.15, 0.2) is 17.3 Å². The van der Waals surface area contributed by atoms with Gasteiger partial charge in [-0.15, -0.1) is 0 Å². The van der Waals surface area contributed by atoms with E-state index in [9.17, 15) is 9.18 Å². The number of methoxy groups -OCH3 is 2. The fourth-order valence-electron chi connectivity index (χ4n) is 1.61. The molecule has 1 aromatic carbocycles. The molecule has 0 spiro atoms. The van der Waals surface area contributed by atoms with Crippen molar-refractivity contribution in [3.8, 4) is 11.5 Å². The maximum atomic E-state index is 13.6. The van der Waals surface area contributed by atoms with Crippen LogP contribution in [0.3, 0.4) is 0 Å². The van der Waals surface area contributed by atoms with E-state index in [0.717, 1.165) is 0 Å². The average molecular weight is 321 g/mol. The minimum Gasteiger partial charge on any atom is -0.492 e. The highest BCUT2D eigenvalue weighted by atomic mass is 79.9. The van der Waals surface area contributed by atoms with Crippen molar-refractivity contribution in [2.75, 3.05) is 14.2 Å². The van der Waals surface area contributed by atoms with E-state index in [4.69, 9.17) is 14.6 Å². The van der Waals surface area contributed by atoms with Crippen molar-refractivity contribution in [3.05, 3.63) is 21.9 Å². The summed E-state index contributed by atoms with van der Waals surface area (Å²) in [5.41, 5.74) is 0.575. The van der Waals surface area contributed by atoms with E-state index < -0.39 is 17.7 Å². The predicted octanol–water partition coefficient (Wildman–Crippen LogP) is 2.87. The molecule has 0 aliphatic heterocycles. The lowest BCUT2D eigenvalue weighted by Gasteiger charge is -2.16. The van der Waals surface area contributed by atoms with Crippen LogP contribution in [0, 0.1) is 11.7 Å². The zero-order valence-electron chi connectivity index (χ0n) is 10.3. The normalized spacial score (nSPS) is 12.1. The van der Waals surface area contributed by atoms with Gasteiger partial charge in [-0.1, -0.05) is 22.9 Å². The van der Waals surface area contributed by atoms with E-state index in [0.29, 0.717) is 10.0 Å². The smallest absolute Gasteiger partial charge is 0.306 e. The summed E-state index contributed by atoms with van der Waals surface area (Å²) >= 11 is 3.21. The molecule has 0 saturated carbocycles. The van der Waals surface area contributed by atoms with Gasteiger partial charge in [0.25, 0.3) is 0 Å². The molecule has 4 nitrogen and oxygen atoms in total. The van der Waals surface area contributed by atoms with Crippen molar-refractivity contribution in [1.82, 2.24) is 0 Å². The third-order valence-corrected chi connectivity index (χ3v) is 3.29. The molecule has 100 valence electrons. The standard InChI is InChI=1S/C12H14BrFO4/c1-6(12(15)16)4-7-8(13)5-9(14)11(18-3)10(7)17-2/h5-6H,4H2,1-3H3,(H,15,16). The SMILES string of the molecule is COc1c(F)cc(Br)c(CC(C)C(=O)O)c1OC. The van der Waals surface area contributed by atoms with Gasteiger partial charge < -0.3 is 14.6 Å². The summed E-state index contributed by atoms with van der Waals surface area (Å²) in [6.45, 7) is 1.57. The first-order valence-electron chi connectivity index (χ1n) is 5.24. The molecule has 1 atom stereocenters. The second-order valence-corrected chi connectivity index (χ2v) is 4.68. The van der Waals surface area contributed by atoms with Crippen LogP contribution in [0.4, 0.5) is 4.39 Å². The molecule has 0 fully saturated rings. The first-order valence-corrected chi connectivity index (χ1v) is 6.03. The number of carbonyl (C=O) groups is 1. The van der Waals surface area contributed by atoms with E-state index in [2.05, 4.69) is 15.9 Å². The second kappa shape index (κ2) is 6.04. The Balaban J connectivity index is 3.29. The van der Waals surface area contributed by atoms with Crippen LogP contribution in [0.1, 0.15) is 12.5 Å². The third kappa shape index (κ3) is 2.93. The average Bonchev–Trinajstić information content (AvgIpc) is 2.31. The number of halogens is 2. The Morgan fingerprint density at radius 2 is 2.00 bits per heavy atom. The van der Waals surface area contributed by atoms with Gasteiger partial charge in [0.05, 0.1) is 20.1 Å². The zero-order chi connectivity index (χ0) is 13.9. The lowest BCUT2D eigenvalue weighted by molar-refractivity contribution is -0.141. The second-order valence-electron chi connectivity index (χ2n) is 3.83. The van der Waals surface area contributed by atoms with E-state index in [-0.39, 0.29) is 17.9 Å². The molecule has 0 amide bonds. The van der Waals surface area contributed by atoms with Crippen molar-refractivity contribution < 1.29 is 23.8 Å². The van der Waals surface area contributed by atoms with Crippen molar-refractivity contribution in [3.63, 3.8) is 0 Å². The molecule has 0 saturated heterocycles. The number of hydrogen-bond acceptors (Lipinski definition) is 3. The van der Waals surface area contributed by atoms with Crippen LogP contribution in [0.5, 0.6) is 11.5 Å². The number of carboxylic acids is 1. The predicted molar refractivity (Wildman–Crippen MR) is 67.7 cm³/mol. The molecule has 0 heterocycles. The molecular formula is C12H14BrFO4. The van der Waals surface area contributed by atoms with Crippen LogP contribution < -0.4 is 9.47 Å². The zero-order valence-corrected chi connectivity index (χ0v) is 11.9. The Hall–Kier alpha value is -1.30. The van der Waals surface area contributed by atoms with Gasteiger partial charge in [-0.2, -0.15) is 0 Å². The quantitative estimate of drug-likeness (QED) is 0.906. The van der Waals surface area contributed by atoms with Crippen LogP contribution in [0.2, 0.25) is 0 Å². The van der Waals surface area contributed by atoms with Gasteiger partial charge in [-0.25, -0.2) is 4.39 Å². The molecule has 18 heavy (non-hydrogen) atoms. The van der Waals surface area contributed by atoms with Crippen LogP contribution in [-0.4, -0.2) is 25.3 Å². The summed E-state index contributed by atoms with van der Waals surface area (Å²) in [6.07, 6.45) is 0.218. The van der Waals surface area contributed by atoms with E-state index >= 15 is 0 Å². The Labute approximate surface area is 113 Å². The van der Waals surface area contributed by atoms with Crippen LogP contribution in [-0.2, 0) is 11.2 Å². The summed E-state index contributed by atoms with van der Waals surface area (Å²) in [4.78, 5) is 10.9. The Morgan fingerprint density at radius 3 is 2.44 bits per heavy atom. The first-order chi connectivity index (χ1) is 8.42. The van der Waals surface area contributed by atoms with Gasteiger partial charge >= 0.3 is 5.97 Å². The Bertz CT molecular complexity index is 462. The minimum absolute atomic E-state index is 0.0201. The lowest BCUT2D eigenvalue weighted by atomic mass is 10.00. The van der Waals surface area contributed by atoms with Crippen molar-refractivity contribution >= 4 is 21.9 Å². The van der Waals surface area contributed by atoms with Gasteiger partial charge in [0, 0.05) is 10.0 Å². The summed E-state index contributed by atoms with van der Waals surface area (Å²) in [5.74, 6) is -1.89. The number of ether oxygens (including phenoxy) is 2. The number of carboxylic acid groups (broad SMARTS) is 1. The molecule has 0 radical (unpaired) electrons. The number of hydrogen-bond donors (Lipinski definition) is 1. The van der Waals surface area contributed by atoms with Gasteiger partial charge in [-0.3, -0.25) is 4.79 Å². The molecule has 6 heteroatoms. The number of rotatable bonds is 5. The summed E-state index contributed by atoms with van der Waals surface area (Å²) in [7, 11) is 2.72. The lowest BCUT2D eigenvalue weighted by Crippen LogP contribution is -2.13. The molecule has 1 aromatic rings. The first kappa shape index (κ1) is 14.8. The topological polar surface area (TPSA) is 55.8 Å². The van der Waals surface area contributed by atoms with Gasteiger partial charge in [0.1, 0.15) is 0 Å². The largest absolute Gasteiger partial charge is 0.492 e. The van der Waals surface area contributed by atoms with E-state index in [1.54, 1.807) is 6.92 Å². The highest BCUT2D eigenvalue weighted by Gasteiger charge is 2.22. The van der Waals surface area contributed by atoms with Crippen molar-refractivity contribution in [2.45, 2.75) is 13.3 Å². The minimum atomic E-state index is -0.924. The third-order valence-electron chi connectivity index (χ3n) is 2.58. The molecule has 1 rings (SSSR count).